The summed E-state index contributed by atoms with van der Waals surface area (Å²) in [5.74, 6) is 1.40. The van der Waals surface area contributed by atoms with Crippen LogP contribution in [0.2, 0.25) is 5.02 Å². The summed E-state index contributed by atoms with van der Waals surface area (Å²) in [4.78, 5) is 3.58. The van der Waals surface area contributed by atoms with E-state index in [0.717, 1.165) is 23.4 Å². The average Bonchev–Trinajstić information content (AvgIpc) is 2.76. The van der Waals surface area contributed by atoms with Crippen LogP contribution in [0.5, 0.6) is 5.75 Å². The molecule has 0 aliphatic carbocycles. The number of aryl methyl sites for hydroxylation is 1. The number of piperidine rings is 1. The summed E-state index contributed by atoms with van der Waals surface area (Å²) in [5, 5.41) is 0.255. The maximum absolute atomic E-state index is 13.4. The largest absolute Gasteiger partial charge is 0.493 e. The Labute approximate surface area is 194 Å². The van der Waals surface area contributed by atoms with Gasteiger partial charge in [0.25, 0.3) is 10.0 Å². The van der Waals surface area contributed by atoms with Crippen LogP contribution >= 0.6 is 23.4 Å². The minimum atomic E-state index is -3.75. The van der Waals surface area contributed by atoms with Gasteiger partial charge in [0.2, 0.25) is 0 Å². The normalized spacial score (nSPS) is 17.4. The van der Waals surface area contributed by atoms with E-state index in [1.165, 1.54) is 36.7 Å². The van der Waals surface area contributed by atoms with Crippen molar-refractivity contribution in [2.45, 2.75) is 42.4 Å². The number of hydrogen-bond donors (Lipinski definition) is 0. The standard InChI is InChI=1S/C23H29ClN2O3S2/c1-18-6-9-23(20(24)16-18)31(27,28)26-13-15-30-22-8-7-19(17-21(22)26)29-14-5-12-25-10-3-2-4-11-25/h6-9,16-17H,2-5,10-15H2,1H3. The monoisotopic (exact) mass is 480 g/mol. The third kappa shape index (κ3) is 5.33. The van der Waals surface area contributed by atoms with Crippen LogP contribution in [0.3, 0.4) is 0 Å². The van der Waals surface area contributed by atoms with E-state index in [-0.39, 0.29) is 9.92 Å². The van der Waals surface area contributed by atoms with Gasteiger partial charge in [0, 0.05) is 29.8 Å². The quantitative estimate of drug-likeness (QED) is 0.509. The Morgan fingerprint density at radius 2 is 1.87 bits per heavy atom. The van der Waals surface area contributed by atoms with Crippen molar-refractivity contribution in [1.82, 2.24) is 4.90 Å². The molecule has 31 heavy (non-hydrogen) atoms. The molecule has 1 fully saturated rings. The fraction of sp³-hybridized carbons (Fsp3) is 0.478. The summed E-state index contributed by atoms with van der Waals surface area (Å²) in [6, 6.07) is 10.8. The maximum Gasteiger partial charge on any atom is 0.265 e. The summed E-state index contributed by atoms with van der Waals surface area (Å²) in [6.45, 7) is 6.34. The molecule has 2 heterocycles. The lowest BCUT2D eigenvalue weighted by atomic mass is 10.1. The minimum absolute atomic E-state index is 0.144. The van der Waals surface area contributed by atoms with Gasteiger partial charge in [0.1, 0.15) is 10.6 Å². The molecular formula is C23H29ClN2O3S2. The zero-order chi connectivity index (χ0) is 21.8. The Kier molecular flexibility index (Phi) is 7.37. The third-order valence-electron chi connectivity index (χ3n) is 5.74. The summed E-state index contributed by atoms with van der Waals surface area (Å²) in [5.41, 5.74) is 1.60. The van der Waals surface area contributed by atoms with Gasteiger partial charge in [-0.1, -0.05) is 24.1 Å². The first-order valence-corrected chi connectivity index (χ1v) is 13.7. The van der Waals surface area contributed by atoms with Gasteiger partial charge in [-0.2, -0.15) is 0 Å². The van der Waals surface area contributed by atoms with Crippen LogP contribution in [0.4, 0.5) is 5.69 Å². The van der Waals surface area contributed by atoms with Crippen molar-refractivity contribution < 1.29 is 13.2 Å². The molecule has 2 aliphatic heterocycles. The highest BCUT2D eigenvalue weighted by Gasteiger charge is 2.31. The van der Waals surface area contributed by atoms with Gasteiger partial charge in [-0.3, -0.25) is 4.31 Å². The van der Waals surface area contributed by atoms with Gasteiger partial charge >= 0.3 is 0 Å². The van der Waals surface area contributed by atoms with Gasteiger partial charge in [0.05, 0.1) is 17.3 Å². The molecule has 5 nitrogen and oxygen atoms in total. The molecule has 2 aromatic carbocycles. The first-order valence-electron chi connectivity index (χ1n) is 10.9. The SMILES string of the molecule is Cc1ccc(S(=O)(=O)N2CCSc3ccc(OCCCN4CCCCC4)cc32)c(Cl)c1. The fourth-order valence-corrected chi connectivity index (χ4v) is 7.31. The van der Waals surface area contributed by atoms with E-state index in [0.29, 0.717) is 30.3 Å². The lowest BCUT2D eigenvalue weighted by molar-refractivity contribution is 0.205. The molecule has 0 bridgehead atoms. The molecule has 168 valence electrons. The molecule has 0 radical (unpaired) electrons. The predicted molar refractivity (Wildman–Crippen MR) is 128 cm³/mol. The molecule has 0 aromatic heterocycles. The number of anilines is 1. The second-order valence-corrected chi connectivity index (χ2v) is 11.5. The topological polar surface area (TPSA) is 49.9 Å². The lowest BCUT2D eigenvalue weighted by Crippen LogP contribution is -2.35. The van der Waals surface area contributed by atoms with E-state index in [2.05, 4.69) is 4.90 Å². The first kappa shape index (κ1) is 22.8. The molecule has 1 saturated heterocycles. The van der Waals surface area contributed by atoms with Crippen molar-refractivity contribution in [2.24, 2.45) is 0 Å². The zero-order valence-electron chi connectivity index (χ0n) is 17.8. The number of hydrogen-bond acceptors (Lipinski definition) is 5. The number of nitrogens with zero attached hydrogens (tertiary/aromatic N) is 2. The van der Waals surface area contributed by atoms with Gasteiger partial charge in [-0.25, -0.2) is 8.42 Å². The highest BCUT2D eigenvalue weighted by Crippen LogP contribution is 2.41. The second kappa shape index (κ2) is 10.0. The van der Waals surface area contributed by atoms with E-state index in [1.54, 1.807) is 30.0 Å². The molecule has 0 N–H and O–H groups in total. The first-order chi connectivity index (χ1) is 14.9. The third-order valence-corrected chi connectivity index (χ3v) is 9.08. The maximum atomic E-state index is 13.4. The van der Waals surface area contributed by atoms with E-state index < -0.39 is 10.0 Å². The molecule has 0 amide bonds. The molecule has 0 unspecified atom stereocenters. The Balaban J connectivity index is 1.48. The van der Waals surface area contributed by atoms with E-state index in [9.17, 15) is 8.42 Å². The average molecular weight is 481 g/mol. The molecule has 8 heteroatoms. The Morgan fingerprint density at radius 3 is 2.65 bits per heavy atom. The van der Waals surface area contributed by atoms with Crippen molar-refractivity contribution in [2.75, 3.05) is 42.8 Å². The van der Waals surface area contributed by atoms with Crippen LogP contribution in [0.25, 0.3) is 0 Å². The van der Waals surface area contributed by atoms with Crippen molar-refractivity contribution in [3.8, 4) is 5.75 Å². The Bertz CT molecular complexity index is 1020. The second-order valence-electron chi connectivity index (χ2n) is 8.09. The van der Waals surface area contributed by atoms with Crippen LogP contribution in [-0.2, 0) is 10.0 Å². The number of likely N-dealkylation sites (tertiary alicyclic amines) is 1. The number of thioether (sulfide) groups is 1. The van der Waals surface area contributed by atoms with Crippen molar-refractivity contribution in [1.29, 1.82) is 0 Å². The van der Waals surface area contributed by atoms with Crippen LogP contribution in [0.1, 0.15) is 31.2 Å². The van der Waals surface area contributed by atoms with E-state index in [4.69, 9.17) is 16.3 Å². The smallest absolute Gasteiger partial charge is 0.265 e. The molecule has 0 spiro atoms. The predicted octanol–water partition coefficient (Wildman–Crippen LogP) is 5.20. The van der Waals surface area contributed by atoms with Gasteiger partial charge in [0.15, 0.2) is 0 Å². The van der Waals surface area contributed by atoms with Crippen LogP contribution < -0.4 is 9.04 Å². The van der Waals surface area contributed by atoms with Gasteiger partial charge in [-0.15, -0.1) is 11.8 Å². The fourth-order valence-electron chi connectivity index (χ4n) is 4.11. The molecule has 4 rings (SSSR count). The van der Waals surface area contributed by atoms with Crippen LogP contribution in [0, 0.1) is 6.92 Å². The lowest BCUT2D eigenvalue weighted by Gasteiger charge is -2.30. The zero-order valence-corrected chi connectivity index (χ0v) is 20.2. The summed E-state index contributed by atoms with van der Waals surface area (Å²) < 4.78 is 34.3. The van der Waals surface area contributed by atoms with Gasteiger partial charge < -0.3 is 9.64 Å². The van der Waals surface area contributed by atoms with Crippen molar-refractivity contribution >= 4 is 39.1 Å². The highest BCUT2D eigenvalue weighted by atomic mass is 35.5. The molecule has 0 atom stereocenters. The summed E-state index contributed by atoms with van der Waals surface area (Å²) >= 11 is 7.97. The number of halogens is 1. The number of rotatable bonds is 7. The Hall–Kier alpha value is -1.41. The van der Waals surface area contributed by atoms with Crippen LogP contribution in [-0.4, -0.2) is 51.9 Å². The van der Waals surface area contributed by atoms with Crippen molar-refractivity contribution in [3.63, 3.8) is 0 Å². The number of benzene rings is 2. The molecular weight excluding hydrogens is 452 g/mol. The Morgan fingerprint density at radius 1 is 1.06 bits per heavy atom. The van der Waals surface area contributed by atoms with Crippen LogP contribution in [0.15, 0.2) is 46.2 Å². The molecule has 2 aromatic rings. The van der Waals surface area contributed by atoms with E-state index in [1.807, 2.05) is 25.1 Å². The molecule has 0 saturated carbocycles. The highest BCUT2D eigenvalue weighted by molar-refractivity contribution is 8.00. The van der Waals surface area contributed by atoms with Gasteiger partial charge in [-0.05, 0) is 69.1 Å². The summed E-state index contributed by atoms with van der Waals surface area (Å²) in [7, 11) is -3.75. The number of sulfonamides is 1. The molecule has 2 aliphatic rings. The minimum Gasteiger partial charge on any atom is -0.493 e. The number of fused-ring (bicyclic) bond motifs is 1. The summed E-state index contributed by atoms with van der Waals surface area (Å²) in [6.07, 6.45) is 4.89. The number of ether oxygens (including phenoxy) is 1. The van der Waals surface area contributed by atoms with Crippen molar-refractivity contribution in [3.05, 3.63) is 47.0 Å². The van der Waals surface area contributed by atoms with E-state index >= 15 is 0 Å².